The molecular weight excluding hydrogens is 374 g/mol. The predicted molar refractivity (Wildman–Crippen MR) is 113 cm³/mol. The number of aryl methyl sites for hydroxylation is 1. The van der Waals surface area contributed by atoms with Gasteiger partial charge in [-0.2, -0.15) is 0 Å². The molecule has 0 fully saturated rings. The number of amides is 1. The van der Waals surface area contributed by atoms with E-state index in [4.69, 9.17) is 11.6 Å². The van der Waals surface area contributed by atoms with Crippen molar-refractivity contribution in [1.82, 2.24) is 9.88 Å². The molecule has 0 saturated heterocycles. The molecule has 5 nitrogen and oxygen atoms in total. The van der Waals surface area contributed by atoms with E-state index in [1.165, 1.54) is 0 Å². The molecule has 0 aliphatic carbocycles. The van der Waals surface area contributed by atoms with Crippen LogP contribution in [0.2, 0.25) is 5.02 Å². The number of hydrogen-bond acceptors (Lipinski definition) is 2. The number of nitrogens with one attached hydrogen (secondary N) is 2. The van der Waals surface area contributed by atoms with Crippen molar-refractivity contribution >= 4 is 23.3 Å². The second kappa shape index (κ2) is 8.93. The largest absolute Gasteiger partial charge is 0.347 e. The molecule has 2 aromatic rings. The highest BCUT2D eigenvalue weighted by molar-refractivity contribution is 6.31. The molecule has 0 bridgehead atoms. The fourth-order valence-corrected chi connectivity index (χ4v) is 3.49. The van der Waals surface area contributed by atoms with Gasteiger partial charge in [0.05, 0.1) is 7.05 Å². The first kappa shape index (κ1) is 22.2. The van der Waals surface area contributed by atoms with Crippen molar-refractivity contribution < 1.29 is 14.5 Å². The third-order valence-electron chi connectivity index (χ3n) is 4.60. The molecule has 1 aromatic heterocycles. The van der Waals surface area contributed by atoms with Gasteiger partial charge in [-0.15, -0.1) is 0 Å². The lowest BCUT2D eigenvalue weighted by Crippen LogP contribution is -3.11. The SMILES string of the molecule is Cc1cc(C(=O)C[NH+](C)CC(=O)NC(C)(C)C)c(C)n1Cc1ccccc1Cl. The third kappa shape index (κ3) is 5.94. The minimum atomic E-state index is -0.273. The molecule has 0 aliphatic heterocycles. The van der Waals surface area contributed by atoms with E-state index in [1.54, 1.807) is 0 Å². The van der Waals surface area contributed by atoms with Crippen LogP contribution in [0.4, 0.5) is 0 Å². The number of benzene rings is 1. The number of hydrogen-bond donors (Lipinski definition) is 2. The molecule has 1 unspecified atom stereocenters. The minimum Gasteiger partial charge on any atom is -0.347 e. The number of carbonyl (C=O) groups excluding carboxylic acids is 2. The fourth-order valence-electron chi connectivity index (χ4n) is 3.29. The normalized spacial score (nSPS) is 12.7. The lowest BCUT2D eigenvalue weighted by atomic mass is 10.1. The maximum Gasteiger partial charge on any atom is 0.275 e. The molecular formula is C22H31ClN3O2+. The van der Waals surface area contributed by atoms with Crippen molar-refractivity contribution in [2.45, 2.75) is 46.7 Å². The van der Waals surface area contributed by atoms with Crippen molar-refractivity contribution in [2.24, 2.45) is 0 Å². The molecule has 0 saturated carbocycles. The van der Waals surface area contributed by atoms with Crippen LogP contribution in [0, 0.1) is 13.8 Å². The Bertz CT molecular complexity index is 865. The molecule has 152 valence electrons. The zero-order chi connectivity index (χ0) is 21.1. The zero-order valence-electron chi connectivity index (χ0n) is 17.6. The van der Waals surface area contributed by atoms with E-state index in [0.29, 0.717) is 12.1 Å². The first-order valence-electron chi connectivity index (χ1n) is 9.53. The number of nitrogens with zero attached hydrogens (tertiary/aromatic N) is 1. The van der Waals surface area contributed by atoms with Crippen LogP contribution < -0.4 is 10.2 Å². The van der Waals surface area contributed by atoms with Crippen LogP contribution >= 0.6 is 11.6 Å². The Kier molecular flexibility index (Phi) is 7.07. The average molecular weight is 405 g/mol. The van der Waals surface area contributed by atoms with Gasteiger partial charge in [0.25, 0.3) is 5.91 Å². The highest BCUT2D eigenvalue weighted by Gasteiger charge is 2.22. The maximum atomic E-state index is 12.8. The van der Waals surface area contributed by atoms with Gasteiger partial charge in [-0.05, 0) is 52.3 Å². The van der Waals surface area contributed by atoms with E-state index < -0.39 is 0 Å². The van der Waals surface area contributed by atoms with Gasteiger partial charge in [0.15, 0.2) is 6.54 Å². The molecule has 0 aliphatic rings. The number of quaternary nitrogens is 1. The van der Waals surface area contributed by atoms with Gasteiger partial charge in [-0.1, -0.05) is 29.8 Å². The summed E-state index contributed by atoms with van der Waals surface area (Å²) in [6.45, 7) is 10.9. The van der Waals surface area contributed by atoms with E-state index in [1.807, 2.05) is 72.0 Å². The first-order valence-corrected chi connectivity index (χ1v) is 9.91. The minimum absolute atomic E-state index is 0.0413. The monoisotopic (exact) mass is 404 g/mol. The zero-order valence-corrected chi connectivity index (χ0v) is 18.4. The van der Waals surface area contributed by atoms with Gasteiger partial charge in [0.1, 0.15) is 6.54 Å². The molecule has 1 amide bonds. The summed E-state index contributed by atoms with van der Waals surface area (Å²) in [6, 6.07) is 9.66. The predicted octanol–water partition coefficient (Wildman–Crippen LogP) is 2.42. The molecule has 2 N–H and O–H groups in total. The Balaban J connectivity index is 2.08. The third-order valence-corrected chi connectivity index (χ3v) is 4.97. The van der Waals surface area contributed by atoms with Crippen LogP contribution in [0.5, 0.6) is 0 Å². The smallest absolute Gasteiger partial charge is 0.275 e. The van der Waals surface area contributed by atoms with Gasteiger partial charge >= 0.3 is 0 Å². The van der Waals surface area contributed by atoms with Gasteiger partial charge in [-0.25, -0.2) is 0 Å². The van der Waals surface area contributed by atoms with Crippen molar-refractivity contribution in [2.75, 3.05) is 20.1 Å². The lowest BCUT2D eigenvalue weighted by molar-refractivity contribution is -0.862. The molecule has 6 heteroatoms. The van der Waals surface area contributed by atoms with E-state index in [2.05, 4.69) is 9.88 Å². The summed E-state index contributed by atoms with van der Waals surface area (Å²) in [5.74, 6) is -0.0124. The number of aromatic nitrogens is 1. The first-order chi connectivity index (χ1) is 13.0. The van der Waals surface area contributed by atoms with Crippen molar-refractivity contribution in [3.63, 3.8) is 0 Å². The van der Waals surface area contributed by atoms with Crippen LogP contribution in [0.15, 0.2) is 30.3 Å². The number of rotatable bonds is 7. The lowest BCUT2D eigenvalue weighted by Gasteiger charge is -2.21. The van der Waals surface area contributed by atoms with Crippen LogP contribution in [-0.2, 0) is 11.3 Å². The van der Waals surface area contributed by atoms with Crippen molar-refractivity contribution in [1.29, 1.82) is 0 Å². The van der Waals surface area contributed by atoms with Crippen LogP contribution in [0.1, 0.15) is 48.1 Å². The molecule has 1 aromatic carbocycles. The van der Waals surface area contributed by atoms with Gasteiger partial charge < -0.3 is 14.8 Å². The van der Waals surface area contributed by atoms with Crippen LogP contribution in [0.25, 0.3) is 0 Å². The number of likely N-dealkylation sites (N-methyl/N-ethyl adjacent to an activating group) is 1. The molecule has 0 radical (unpaired) electrons. The van der Waals surface area contributed by atoms with Crippen molar-refractivity contribution in [3.05, 3.63) is 57.9 Å². The summed E-state index contributed by atoms with van der Waals surface area (Å²) < 4.78 is 2.11. The Labute approximate surface area is 172 Å². The highest BCUT2D eigenvalue weighted by atomic mass is 35.5. The number of Topliss-reactive ketones (excluding diaryl/α,β-unsaturated/α-hetero) is 1. The quantitative estimate of drug-likeness (QED) is 0.696. The van der Waals surface area contributed by atoms with E-state index in [9.17, 15) is 9.59 Å². The molecule has 1 heterocycles. The Hall–Kier alpha value is -2.11. The number of carbonyl (C=O) groups is 2. The summed E-state index contributed by atoms with van der Waals surface area (Å²) in [7, 11) is 1.86. The van der Waals surface area contributed by atoms with E-state index in [0.717, 1.165) is 26.9 Å². The van der Waals surface area contributed by atoms with Gasteiger partial charge in [0.2, 0.25) is 5.78 Å². The Morgan fingerprint density at radius 1 is 1.14 bits per heavy atom. The summed E-state index contributed by atoms with van der Waals surface area (Å²) in [5, 5.41) is 3.65. The fraction of sp³-hybridized carbons (Fsp3) is 0.455. The maximum absolute atomic E-state index is 12.8. The second-order valence-corrected chi connectivity index (χ2v) is 8.90. The topological polar surface area (TPSA) is 55.5 Å². The number of halogens is 1. The second-order valence-electron chi connectivity index (χ2n) is 8.49. The molecule has 0 spiro atoms. The number of ketones is 1. The molecule has 2 rings (SSSR count). The van der Waals surface area contributed by atoms with Gasteiger partial charge in [0, 0.05) is 34.1 Å². The summed E-state index contributed by atoms with van der Waals surface area (Å²) in [5.41, 5.74) is 3.40. The average Bonchev–Trinajstić information content (AvgIpc) is 2.83. The molecule has 1 atom stereocenters. The van der Waals surface area contributed by atoms with Crippen molar-refractivity contribution in [3.8, 4) is 0 Å². The molecule has 28 heavy (non-hydrogen) atoms. The summed E-state index contributed by atoms with van der Waals surface area (Å²) in [4.78, 5) is 25.8. The van der Waals surface area contributed by atoms with Gasteiger partial charge in [-0.3, -0.25) is 9.59 Å². The van der Waals surface area contributed by atoms with Crippen LogP contribution in [-0.4, -0.2) is 41.9 Å². The highest BCUT2D eigenvalue weighted by Crippen LogP contribution is 2.21. The van der Waals surface area contributed by atoms with E-state index in [-0.39, 0.29) is 30.3 Å². The van der Waals surface area contributed by atoms with Crippen LogP contribution in [0.3, 0.4) is 0 Å². The Morgan fingerprint density at radius 3 is 2.39 bits per heavy atom. The Morgan fingerprint density at radius 2 is 1.79 bits per heavy atom. The summed E-state index contributed by atoms with van der Waals surface area (Å²) >= 11 is 6.29. The van der Waals surface area contributed by atoms with E-state index >= 15 is 0 Å². The summed E-state index contributed by atoms with van der Waals surface area (Å²) in [6.07, 6.45) is 0. The standard InChI is InChI=1S/C22H30ClN3O2/c1-15-11-18(16(2)26(15)12-17-9-7-8-10-19(17)23)20(27)13-25(6)14-21(28)24-22(3,4)5/h7-11H,12-14H2,1-6H3,(H,24,28)/p+1.